The zero-order valence-electron chi connectivity index (χ0n) is 49.2. The Morgan fingerprint density at radius 1 is 0.274 bits per heavy atom. The number of hydrogen-bond acceptors (Lipinski definition) is 6. The summed E-state index contributed by atoms with van der Waals surface area (Å²) in [5.74, 6) is -0.854. The molecule has 0 radical (unpaired) electrons. The lowest BCUT2D eigenvalue weighted by Crippen LogP contribution is -2.30. The van der Waals surface area contributed by atoms with Crippen molar-refractivity contribution in [2.45, 2.75) is 361 Å². The zero-order chi connectivity index (χ0) is 52.9. The Hall–Kier alpha value is -2.37. The smallest absolute Gasteiger partial charge is 0.306 e. The molecule has 6 heteroatoms. The van der Waals surface area contributed by atoms with Crippen molar-refractivity contribution in [3.63, 3.8) is 0 Å². The van der Waals surface area contributed by atoms with E-state index in [9.17, 15) is 14.4 Å². The highest BCUT2D eigenvalue weighted by Gasteiger charge is 2.19. The average Bonchev–Trinajstić information content (AvgIpc) is 3.39. The molecule has 1 atom stereocenters. The minimum absolute atomic E-state index is 0.0714. The molecule has 0 heterocycles. The number of rotatable bonds is 60. The van der Waals surface area contributed by atoms with Crippen LogP contribution in [0.2, 0.25) is 0 Å². The van der Waals surface area contributed by atoms with Crippen molar-refractivity contribution in [1.82, 2.24) is 0 Å². The standard InChI is InChI=1S/C67H124O6/c1-4-7-10-13-16-19-22-25-28-31-33-36-39-42-45-48-51-54-57-60-66(69)72-63-64(62-71-65(68)59-56-53-50-47-44-41-38-35-30-27-24-21-18-15-12-9-6-3)73-67(70)61-58-55-52-49-46-43-40-37-34-32-29-26-23-20-17-14-11-8-5-2/h16,19,25,27-28,30,64H,4-15,17-18,20-24,26,29,31-63H2,1-3H3/b19-16-,28-25-,30-27-/t64-/m0/s1. The third kappa shape index (κ3) is 60.4. The number of hydrogen-bond donors (Lipinski definition) is 0. The van der Waals surface area contributed by atoms with Crippen molar-refractivity contribution in [2.75, 3.05) is 13.2 Å². The Balaban J connectivity index is 4.34. The summed E-state index contributed by atoms with van der Waals surface area (Å²) in [4.78, 5) is 38.3. The quantitative estimate of drug-likeness (QED) is 0.0261. The van der Waals surface area contributed by atoms with E-state index >= 15 is 0 Å². The van der Waals surface area contributed by atoms with Crippen molar-refractivity contribution in [1.29, 1.82) is 0 Å². The summed E-state index contributed by atoms with van der Waals surface area (Å²) >= 11 is 0. The molecule has 0 fully saturated rings. The maximum absolute atomic E-state index is 12.9. The lowest BCUT2D eigenvalue weighted by atomic mass is 10.0. The minimum Gasteiger partial charge on any atom is -0.462 e. The van der Waals surface area contributed by atoms with Crippen molar-refractivity contribution in [2.24, 2.45) is 0 Å². The molecular formula is C67H124O6. The van der Waals surface area contributed by atoms with Gasteiger partial charge in [0.05, 0.1) is 0 Å². The fraction of sp³-hybridized carbons (Fsp3) is 0.866. The SMILES string of the molecule is CCCCC/C=C\C/C=C\CCCCCCCCCCCC(=O)OC[C@H](COC(=O)CCCCCCCCC/C=C\CCCCCCCC)OC(=O)CCCCCCCCCCCCCCCCCCCCC. The molecule has 0 aromatic carbocycles. The van der Waals surface area contributed by atoms with Gasteiger partial charge >= 0.3 is 17.9 Å². The summed E-state index contributed by atoms with van der Waals surface area (Å²) in [7, 11) is 0. The fourth-order valence-electron chi connectivity index (χ4n) is 9.71. The van der Waals surface area contributed by atoms with Gasteiger partial charge in [0.25, 0.3) is 0 Å². The summed E-state index contributed by atoms with van der Waals surface area (Å²) < 4.78 is 17.0. The van der Waals surface area contributed by atoms with E-state index in [1.54, 1.807) is 0 Å². The molecule has 0 saturated heterocycles. The molecule has 0 aliphatic carbocycles. The predicted molar refractivity (Wildman–Crippen MR) is 316 cm³/mol. The van der Waals surface area contributed by atoms with Gasteiger partial charge in [-0.3, -0.25) is 14.4 Å². The van der Waals surface area contributed by atoms with Crippen LogP contribution in [0, 0.1) is 0 Å². The van der Waals surface area contributed by atoms with Crippen LogP contribution in [-0.4, -0.2) is 37.2 Å². The van der Waals surface area contributed by atoms with Crippen LogP contribution in [-0.2, 0) is 28.6 Å². The van der Waals surface area contributed by atoms with Crippen molar-refractivity contribution in [3.8, 4) is 0 Å². The molecule has 428 valence electrons. The first-order chi connectivity index (χ1) is 36.0. The van der Waals surface area contributed by atoms with E-state index in [1.807, 2.05) is 0 Å². The highest BCUT2D eigenvalue weighted by molar-refractivity contribution is 5.71. The van der Waals surface area contributed by atoms with Gasteiger partial charge in [-0.05, 0) is 77.0 Å². The Morgan fingerprint density at radius 2 is 0.493 bits per heavy atom. The lowest BCUT2D eigenvalue weighted by molar-refractivity contribution is -0.167. The van der Waals surface area contributed by atoms with Crippen LogP contribution in [0.1, 0.15) is 355 Å². The van der Waals surface area contributed by atoms with E-state index in [1.165, 1.54) is 250 Å². The molecule has 0 rings (SSSR count). The first-order valence-corrected chi connectivity index (χ1v) is 32.5. The Kier molecular flexibility index (Phi) is 60.2. The predicted octanol–water partition coefficient (Wildman–Crippen LogP) is 22.0. The Bertz CT molecular complexity index is 1220. The molecule has 0 aromatic heterocycles. The molecule has 6 nitrogen and oxygen atoms in total. The maximum atomic E-state index is 12.9. The van der Waals surface area contributed by atoms with Gasteiger partial charge in [0.1, 0.15) is 13.2 Å². The van der Waals surface area contributed by atoms with Crippen LogP contribution in [0.25, 0.3) is 0 Å². The number of unbranched alkanes of at least 4 members (excludes halogenated alkanes) is 43. The number of carbonyl (C=O) groups excluding carboxylic acids is 3. The molecule has 0 amide bonds. The monoisotopic (exact) mass is 1020 g/mol. The average molecular weight is 1030 g/mol. The lowest BCUT2D eigenvalue weighted by Gasteiger charge is -2.18. The van der Waals surface area contributed by atoms with Gasteiger partial charge in [-0.25, -0.2) is 0 Å². The summed E-state index contributed by atoms with van der Waals surface area (Å²) in [5.41, 5.74) is 0. The van der Waals surface area contributed by atoms with Crippen LogP contribution in [0.4, 0.5) is 0 Å². The van der Waals surface area contributed by atoms with E-state index < -0.39 is 6.10 Å². The molecule has 0 aliphatic heterocycles. The number of ether oxygens (including phenoxy) is 3. The van der Waals surface area contributed by atoms with E-state index in [0.29, 0.717) is 19.3 Å². The first kappa shape index (κ1) is 70.6. The maximum Gasteiger partial charge on any atom is 0.306 e. The first-order valence-electron chi connectivity index (χ1n) is 32.5. The molecule has 0 unspecified atom stereocenters. The summed E-state index contributed by atoms with van der Waals surface area (Å²) in [6.45, 7) is 6.67. The van der Waals surface area contributed by atoms with Crippen molar-refractivity contribution in [3.05, 3.63) is 36.5 Å². The molecule has 0 spiro atoms. The Morgan fingerprint density at radius 3 is 0.795 bits per heavy atom. The van der Waals surface area contributed by atoms with Gasteiger partial charge in [0.15, 0.2) is 6.10 Å². The van der Waals surface area contributed by atoms with Gasteiger partial charge in [0.2, 0.25) is 0 Å². The second-order valence-electron chi connectivity index (χ2n) is 22.0. The van der Waals surface area contributed by atoms with Crippen LogP contribution in [0.15, 0.2) is 36.5 Å². The van der Waals surface area contributed by atoms with Gasteiger partial charge in [-0.15, -0.1) is 0 Å². The largest absolute Gasteiger partial charge is 0.462 e. The Labute approximate surface area is 455 Å². The molecule has 0 bridgehead atoms. The number of allylic oxidation sites excluding steroid dienone is 6. The molecule has 73 heavy (non-hydrogen) atoms. The van der Waals surface area contributed by atoms with Crippen LogP contribution < -0.4 is 0 Å². The molecule has 0 aliphatic rings. The summed E-state index contributed by atoms with van der Waals surface area (Å²) in [6.07, 6.45) is 75.7. The van der Waals surface area contributed by atoms with Gasteiger partial charge in [-0.2, -0.15) is 0 Å². The van der Waals surface area contributed by atoms with Gasteiger partial charge in [-0.1, -0.05) is 295 Å². The number of esters is 3. The van der Waals surface area contributed by atoms with E-state index in [0.717, 1.165) is 64.2 Å². The van der Waals surface area contributed by atoms with Gasteiger partial charge in [0, 0.05) is 19.3 Å². The third-order valence-electron chi connectivity index (χ3n) is 14.6. The molecule has 0 N–H and O–H groups in total. The molecule has 0 aromatic rings. The van der Waals surface area contributed by atoms with Crippen LogP contribution >= 0.6 is 0 Å². The van der Waals surface area contributed by atoms with Crippen molar-refractivity contribution < 1.29 is 28.6 Å². The fourth-order valence-corrected chi connectivity index (χ4v) is 9.71. The van der Waals surface area contributed by atoms with Crippen molar-refractivity contribution >= 4 is 17.9 Å². The van der Waals surface area contributed by atoms with Crippen LogP contribution in [0.3, 0.4) is 0 Å². The number of carbonyl (C=O) groups is 3. The van der Waals surface area contributed by atoms with E-state index in [2.05, 4.69) is 57.2 Å². The molecule has 0 saturated carbocycles. The molecular weight excluding hydrogens is 901 g/mol. The second kappa shape index (κ2) is 62.2. The van der Waals surface area contributed by atoms with E-state index in [-0.39, 0.29) is 31.1 Å². The third-order valence-corrected chi connectivity index (χ3v) is 14.6. The normalized spacial score (nSPS) is 12.2. The minimum atomic E-state index is -0.774. The van der Waals surface area contributed by atoms with Gasteiger partial charge < -0.3 is 14.2 Å². The highest BCUT2D eigenvalue weighted by Crippen LogP contribution is 2.17. The summed E-state index contributed by atoms with van der Waals surface area (Å²) in [5, 5.41) is 0. The summed E-state index contributed by atoms with van der Waals surface area (Å²) in [6, 6.07) is 0. The second-order valence-corrected chi connectivity index (χ2v) is 22.0. The highest BCUT2D eigenvalue weighted by atomic mass is 16.6. The van der Waals surface area contributed by atoms with Crippen LogP contribution in [0.5, 0.6) is 0 Å². The zero-order valence-corrected chi connectivity index (χ0v) is 49.2. The topological polar surface area (TPSA) is 78.9 Å². The van der Waals surface area contributed by atoms with E-state index in [4.69, 9.17) is 14.2 Å².